The lowest BCUT2D eigenvalue weighted by molar-refractivity contribution is -0.141. The van der Waals surface area contributed by atoms with Gasteiger partial charge in [0.15, 0.2) is 0 Å². The molecule has 2 amide bonds. The number of halogens is 2. The number of hydrogen-bond acceptors (Lipinski definition) is 4. The van der Waals surface area contributed by atoms with Gasteiger partial charge in [-0.1, -0.05) is 23.2 Å². The summed E-state index contributed by atoms with van der Waals surface area (Å²) >= 11 is 13.1. The van der Waals surface area contributed by atoms with Gasteiger partial charge in [0.25, 0.3) is 11.8 Å². The van der Waals surface area contributed by atoms with E-state index in [9.17, 15) is 19.5 Å². The standard InChI is InChI=1S/C13H11Cl2NO4S/c1-21-3-2-10(13(19)20)16-11(17)6-4-8(14)9(15)5-7(6)12(16)18/h4-5,10H,2-3H2,1H3,(H,19,20)/t10-/m1/s1. The molecule has 2 rings (SSSR count). The lowest BCUT2D eigenvalue weighted by atomic mass is 10.1. The third-order valence-corrected chi connectivity index (χ3v) is 4.52. The van der Waals surface area contributed by atoms with Gasteiger partial charge < -0.3 is 5.11 Å². The number of nitrogens with zero attached hydrogens (tertiary/aromatic N) is 1. The molecule has 1 aliphatic heterocycles. The van der Waals surface area contributed by atoms with Gasteiger partial charge in [0.05, 0.1) is 21.2 Å². The molecule has 0 saturated carbocycles. The zero-order chi connectivity index (χ0) is 15.7. The van der Waals surface area contributed by atoms with E-state index in [0.717, 1.165) is 4.90 Å². The van der Waals surface area contributed by atoms with E-state index in [0.29, 0.717) is 5.75 Å². The number of amides is 2. The molecule has 0 spiro atoms. The van der Waals surface area contributed by atoms with Gasteiger partial charge >= 0.3 is 5.97 Å². The van der Waals surface area contributed by atoms with E-state index >= 15 is 0 Å². The minimum absolute atomic E-state index is 0.0878. The van der Waals surface area contributed by atoms with Crippen LogP contribution >= 0.6 is 35.0 Å². The number of benzene rings is 1. The first-order valence-corrected chi connectivity index (χ1v) is 8.12. The molecule has 1 N–H and O–H groups in total. The highest BCUT2D eigenvalue weighted by Crippen LogP contribution is 2.33. The summed E-state index contributed by atoms with van der Waals surface area (Å²) in [6.07, 6.45) is 2.00. The molecule has 1 aromatic carbocycles. The number of fused-ring (bicyclic) bond motifs is 1. The molecular weight excluding hydrogens is 337 g/mol. The lowest BCUT2D eigenvalue weighted by Crippen LogP contribution is -2.45. The molecule has 0 radical (unpaired) electrons. The van der Waals surface area contributed by atoms with Crippen molar-refractivity contribution in [3.63, 3.8) is 0 Å². The Morgan fingerprint density at radius 3 is 2.10 bits per heavy atom. The Balaban J connectivity index is 2.42. The summed E-state index contributed by atoms with van der Waals surface area (Å²) in [6.45, 7) is 0. The van der Waals surface area contributed by atoms with Crippen LogP contribution in [0.5, 0.6) is 0 Å². The van der Waals surface area contributed by atoms with Crippen molar-refractivity contribution >= 4 is 52.7 Å². The van der Waals surface area contributed by atoms with Crippen molar-refractivity contribution in [2.45, 2.75) is 12.5 Å². The van der Waals surface area contributed by atoms with Crippen molar-refractivity contribution in [1.29, 1.82) is 0 Å². The van der Waals surface area contributed by atoms with Crippen molar-refractivity contribution < 1.29 is 19.5 Å². The van der Waals surface area contributed by atoms with E-state index in [1.165, 1.54) is 23.9 Å². The highest BCUT2D eigenvalue weighted by molar-refractivity contribution is 7.98. The number of rotatable bonds is 5. The molecule has 0 aromatic heterocycles. The second-order valence-electron chi connectivity index (χ2n) is 4.43. The molecule has 8 heteroatoms. The Labute approximate surface area is 135 Å². The van der Waals surface area contributed by atoms with Crippen LogP contribution < -0.4 is 0 Å². The molecule has 21 heavy (non-hydrogen) atoms. The first kappa shape index (κ1) is 16.1. The average molecular weight is 348 g/mol. The van der Waals surface area contributed by atoms with Crippen LogP contribution in [0.4, 0.5) is 0 Å². The van der Waals surface area contributed by atoms with Crippen molar-refractivity contribution in [1.82, 2.24) is 4.90 Å². The monoisotopic (exact) mass is 347 g/mol. The van der Waals surface area contributed by atoms with Crippen LogP contribution in [0.2, 0.25) is 10.0 Å². The molecule has 0 bridgehead atoms. The molecule has 1 aliphatic rings. The molecule has 1 heterocycles. The maximum absolute atomic E-state index is 12.3. The number of carbonyl (C=O) groups is 3. The SMILES string of the molecule is CSCC[C@H](C(=O)O)N1C(=O)c2cc(Cl)c(Cl)cc2C1=O. The van der Waals surface area contributed by atoms with Gasteiger partial charge in [-0.05, 0) is 30.6 Å². The summed E-state index contributed by atoms with van der Waals surface area (Å²) in [5, 5.41) is 9.57. The normalized spacial score (nSPS) is 15.3. The summed E-state index contributed by atoms with van der Waals surface area (Å²) in [7, 11) is 0. The number of carboxylic acids is 1. The first-order valence-electron chi connectivity index (χ1n) is 5.97. The Morgan fingerprint density at radius 2 is 1.71 bits per heavy atom. The van der Waals surface area contributed by atoms with Gasteiger partial charge in [-0.25, -0.2) is 4.79 Å². The molecule has 5 nitrogen and oxygen atoms in total. The number of hydrogen-bond donors (Lipinski definition) is 1. The summed E-state index contributed by atoms with van der Waals surface area (Å²) in [6, 6.07) is 1.40. The highest BCUT2D eigenvalue weighted by Gasteiger charge is 2.43. The number of thioether (sulfide) groups is 1. The molecule has 1 aromatic rings. The Bertz CT molecular complexity index is 594. The number of imide groups is 1. The van der Waals surface area contributed by atoms with Crippen LogP contribution in [0.3, 0.4) is 0 Å². The van der Waals surface area contributed by atoms with Crippen molar-refractivity contribution in [3.05, 3.63) is 33.3 Å². The van der Waals surface area contributed by atoms with Gasteiger partial charge in [0.1, 0.15) is 6.04 Å². The third kappa shape index (κ3) is 2.88. The number of aliphatic carboxylic acids is 1. The van der Waals surface area contributed by atoms with Gasteiger partial charge in [0.2, 0.25) is 0 Å². The smallest absolute Gasteiger partial charge is 0.326 e. The second kappa shape index (κ2) is 6.25. The van der Waals surface area contributed by atoms with Gasteiger partial charge in [-0.2, -0.15) is 11.8 Å². The zero-order valence-electron chi connectivity index (χ0n) is 10.9. The highest BCUT2D eigenvalue weighted by atomic mass is 35.5. The molecule has 1 atom stereocenters. The van der Waals surface area contributed by atoms with Gasteiger partial charge in [-0.15, -0.1) is 0 Å². The lowest BCUT2D eigenvalue weighted by Gasteiger charge is -2.22. The van der Waals surface area contributed by atoms with Crippen molar-refractivity contribution in [3.8, 4) is 0 Å². The molecule has 0 saturated heterocycles. The van der Waals surface area contributed by atoms with E-state index in [1.54, 1.807) is 0 Å². The molecule has 0 unspecified atom stereocenters. The average Bonchev–Trinajstić information content (AvgIpc) is 2.65. The zero-order valence-corrected chi connectivity index (χ0v) is 13.3. The minimum atomic E-state index is -1.21. The Kier molecular flexibility index (Phi) is 4.81. The van der Waals surface area contributed by atoms with Crippen molar-refractivity contribution in [2.75, 3.05) is 12.0 Å². The molecule has 0 aliphatic carbocycles. The number of carboxylic acid groups (broad SMARTS) is 1. The fourth-order valence-electron chi connectivity index (χ4n) is 2.13. The van der Waals surface area contributed by atoms with E-state index in [4.69, 9.17) is 23.2 Å². The van der Waals surface area contributed by atoms with Crippen LogP contribution in [0.25, 0.3) is 0 Å². The summed E-state index contributed by atoms with van der Waals surface area (Å²) in [5.74, 6) is -1.99. The first-order chi connectivity index (χ1) is 9.88. The molecule has 0 fully saturated rings. The van der Waals surface area contributed by atoms with Crippen LogP contribution in [0, 0.1) is 0 Å². The largest absolute Gasteiger partial charge is 0.480 e. The van der Waals surface area contributed by atoms with E-state index < -0.39 is 23.8 Å². The maximum atomic E-state index is 12.3. The Hall–Kier alpha value is -1.24. The van der Waals surface area contributed by atoms with Crippen LogP contribution in [-0.2, 0) is 4.79 Å². The fraction of sp³-hybridized carbons (Fsp3) is 0.308. The predicted octanol–water partition coefficient (Wildman–Crippen LogP) is 2.80. The van der Waals surface area contributed by atoms with Gasteiger partial charge in [0, 0.05) is 0 Å². The van der Waals surface area contributed by atoms with Crippen LogP contribution in [0.1, 0.15) is 27.1 Å². The summed E-state index contributed by atoms with van der Waals surface area (Å²) in [4.78, 5) is 36.8. The molecular formula is C13H11Cl2NO4S. The maximum Gasteiger partial charge on any atom is 0.326 e. The van der Waals surface area contributed by atoms with E-state index in [-0.39, 0.29) is 27.6 Å². The quantitative estimate of drug-likeness (QED) is 0.829. The van der Waals surface area contributed by atoms with E-state index in [1.807, 2.05) is 6.26 Å². The van der Waals surface area contributed by atoms with Crippen LogP contribution in [0.15, 0.2) is 12.1 Å². The third-order valence-electron chi connectivity index (χ3n) is 3.15. The second-order valence-corrected chi connectivity index (χ2v) is 6.23. The summed E-state index contributed by atoms with van der Waals surface area (Å²) < 4.78 is 0. The predicted molar refractivity (Wildman–Crippen MR) is 81.4 cm³/mol. The van der Waals surface area contributed by atoms with Gasteiger partial charge in [-0.3, -0.25) is 14.5 Å². The van der Waals surface area contributed by atoms with Crippen LogP contribution in [-0.4, -0.2) is 45.8 Å². The Morgan fingerprint density at radius 1 is 1.24 bits per heavy atom. The fourth-order valence-corrected chi connectivity index (χ4v) is 2.91. The topological polar surface area (TPSA) is 74.7 Å². The number of carbonyl (C=O) groups excluding carboxylic acids is 2. The minimum Gasteiger partial charge on any atom is -0.480 e. The van der Waals surface area contributed by atoms with Crippen molar-refractivity contribution in [2.24, 2.45) is 0 Å². The van der Waals surface area contributed by atoms with E-state index in [2.05, 4.69) is 0 Å². The summed E-state index contributed by atoms with van der Waals surface area (Å²) in [5.41, 5.74) is 0.176. The molecule has 112 valence electrons.